The van der Waals surface area contributed by atoms with E-state index >= 15 is 0 Å². The summed E-state index contributed by atoms with van der Waals surface area (Å²) in [4.78, 5) is 38.0. The molecule has 0 radical (unpaired) electrons. The van der Waals surface area contributed by atoms with Gasteiger partial charge in [0.15, 0.2) is 0 Å². The molecule has 0 spiro atoms. The third-order valence-corrected chi connectivity index (χ3v) is 6.20. The Morgan fingerprint density at radius 3 is 2.68 bits per heavy atom. The van der Waals surface area contributed by atoms with E-state index in [2.05, 4.69) is 24.5 Å². The molecule has 1 atom stereocenters. The number of hydrogen-bond donors (Lipinski definition) is 3. The number of hydrogen-bond acceptors (Lipinski definition) is 5. The summed E-state index contributed by atoms with van der Waals surface area (Å²) < 4.78 is 0. The minimum Gasteiger partial charge on any atom is -0.325 e. The van der Waals surface area contributed by atoms with Gasteiger partial charge in [0.05, 0.1) is 0 Å². The summed E-state index contributed by atoms with van der Waals surface area (Å²) in [5, 5.41) is 5.79. The molecule has 2 heterocycles. The van der Waals surface area contributed by atoms with Gasteiger partial charge in [0.1, 0.15) is 6.04 Å². The fraction of sp³-hybridized carbons (Fsp3) is 0.571. The zero-order valence-corrected chi connectivity index (χ0v) is 16.7. The van der Waals surface area contributed by atoms with Gasteiger partial charge in [-0.3, -0.25) is 19.7 Å². The Kier molecular flexibility index (Phi) is 6.15. The van der Waals surface area contributed by atoms with Crippen LogP contribution in [0.15, 0.2) is 18.2 Å². The second-order valence-electron chi connectivity index (χ2n) is 7.84. The summed E-state index contributed by atoms with van der Waals surface area (Å²) in [6.07, 6.45) is 3.43. The van der Waals surface area contributed by atoms with Crippen molar-refractivity contribution in [3.05, 3.63) is 34.9 Å². The summed E-state index contributed by atoms with van der Waals surface area (Å²) in [6.45, 7) is 6.10. The number of carbonyl (C=O) groups excluding carboxylic acids is 3. The number of imide groups is 1. The molecule has 3 rings (SSSR count). The summed E-state index contributed by atoms with van der Waals surface area (Å²) in [7, 11) is 0. The molecule has 7 heteroatoms. The van der Waals surface area contributed by atoms with Gasteiger partial charge in [-0.1, -0.05) is 26.0 Å². The van der Waals surface area contributed by atoms with E-state index in [1.165, 1.54) is 0 Å². The smallest absolute Gasteiger partial charge is 0.255 e. The average Bonchev–Trinajstić information content (AvgIpc) is 3.02. The number of piperidine rings is 1. The molecule has 1 unspecified atom stereocenters. The molecular weight excluding hydrogens is 356 g/mol. The topological polar surface area (TPSA) is 105 Å². The molecule has 7 nitrogen and oxygen atoms in total. The Hall–Kier alpha value is -2.25. The first-order valence-electron chi connectivity index (χ1n) is 10.1. The van der Waals surface area contributed by atoms with Crippen molar-refractivity contribution in [1.82, 2.24) is 15.5 Å². The van der Waals surface area contributed by atoms with Crippen molar-refractivity contribution in [2.45, 2.75) is 70.6 Å². The number of nitrogens with zero attached hydrogens (tertiary/aromatic N) is 1. The zero-order chi connectivity index (χ0) is 20.3. The van der Waals surface area contributed by atoms with Crippen LogP contribution in [0.4, 0.5) is 0 Å². The van der Waals surface area contributed by atoms with Gasteiger partial charge >= 0.3 is 0 Å². The van der Waals surface area contributed by atoms with Crippen molar-refractivity contribution in [2.75, 3.05) is 6.54 Å². The standard InChI is InChI=1S/C21H30N4O3/c1-3-21(22,4-2)10-11-23-12-14-6-5-7-15-16(14)13-25(20(15)28)17-8-9-18(26)24-19(17)27/h5-7,17,23H,3-4,8-13,22H2,1-2H3,(H,24,26,27). The highest BCUT2D eigenvalue weighted by Crippen LogP contribution is 2.29. The Labute approximate surface area is 166 Å². The van der Waals surface area contributed by atoms with Crippen molar-refractivity contribution in [1.29, 1.82) is 0 Å². The number of nitrogens with one attached hydrogen (secondary N) is 2. The molecule has 3 amide bonds. The van der Waals surface area contributed by atoms with Crippen LogP contribution in [-0.4, -0.2) is 40.7 Å². The van der Waals surface area contributed by atoms with Gasteiger partial charge < -0.3 is 16.0 Å². The first-order valence-corrected chi connectivity index (χ1v) is 10.1. The predicted molar refractivity (Wildman–Crippen MR) is 106 cm³/mol. The Bertz CT molecular complexity index is 773. The zero-order valence-electron chi connectivity index (χ0n) is 16.7. The van der Waals surface area contributed by atoms with Crippen LogP contribution in [0.1, 0.15) is 67.4 Å². The summed E-state index contributed by atoms with van der Waals surface area (Å²) in [5.74, 6) is -0.787. The lowest BCUT2D eigenvalue weighted by Crippen LogP contribution is -2.52. The van der Waals surface area contributed by atoms with Crippen LogP contribution < -0.4 is 16.4 Å². The van der Waals surface area contributed by atoms with Gasteiger partial charge in [-0.25, -0.2) is 0 Å². The van der Waals surface area contributed by atoms with Crippen LogP contribution in [0.3, 0.4) is 0 Å². The SMILES string of the molecule is CCC(N)(CC)CCNCc1cccc2c1CN(C1CCC(=O)NC1=O)C2=O. The molecule has 4 N–H and O–H groups in total. The largest absolute Gasteiger partial charge is 0.325 e. The van der Waals surface area contributed by atoms with Crippen LogP contribution in [0, 0.1) is 0 Å². The van der Waals surface area contributed by atoms with E-state index in [0.717, 1.165) is 36.9 Å². The maximum Gasteiger partial charge on any atom is 0.255 e. The maximum absolute atomic E-state index is 12.8. The predicted octanol–water partition coefficient (Wildman–Crippen LogP) is 1.44. The second-order valence-corrected chi connectivity index (χ2v) is 7.84. The Balaban J connectivity index is 1.65. The molecular formula is C21H30N4O3. The molecule has 152 valence electrons. The lowest BCUT2D eigenvalue weighted by molar-refractivity contribution is -0.136. The van der Waals surface area contributed by atoms with E-state index < -0.39 is 6.04 Å². The van der Waals surface area contributed by atoms with Crippen LogP contribution in [0.2, 0.25) is 0 Å². The van der Waals surface area contributed by atoms with E-state index in [4.69, 9.17) is 5.73 Å². The second kappa shape index (κ2) is 8.41. The van der Waals surface area contributed by atoms with Crippen LogP contribution in [-0.2, 0) is 22.7 Å². The highest BCUT2D eigenvalue weighted by molar-refractivity contribution is 6.05. The van der Waals surface area contributed by atoms with Crippen molar-refractivity contribution < 1.29 is 14.4 Å². The molecule has 2 aliphatic rings. The molecule has 0 aliphatic carbocycles. The summed E-state index contributed by atoms with van der Waals surface area (Å²) >= 11 is 0. The summed E-state index contributed by atoms with van der Waals surface area (Å²) in [6, 6.07) is 5.13. The molecule has 1 aromatic rings. The van der Waals surface area contributed by atoms with Gasteiger partial charge in [-0.05, 0) is 49.4 Å². The van der Waals surface area contributed by atoms with Crippen LogP contribution in [0.5, 0.6) is 0 Å². The fourth-order valence-electron chi connectivity index (χ4n) is 3.98. The number of rotatable bonds is 8. The molecule has 2 aliphatic heterocycles. The van der Waals surface area contributed by atoms with Gasteiger partial charge in [0, 0.05) is 30.6 Å². The van der Waals surface area contributed by atoms with Gasteiger partial charge in [-0.2, -0.15) is 0 Å². The minimum absolute atomic E-state index is 0.135. The van der Waals surface area contributed by atoms with E-state index in [1.807, 2.05) is 18.2 Å². The first-order chi connectivity index (χ1) is 13.4. The molecule has 1 aromatic carbocycles. The van der Waals surface area contributed by atoms with Crippen molar-refractivity contribution in [3.63, 3.8) is 0 Å². The number of amides is 3. The van der Waals surface area contributed by atoms with Crippen LogP contribution >= 0.6 is 0 Å². The number of benzene rings is 1. The third-order valence-electron chi connectivity index (χ3n) is 6.20. The van der Waals surface area contributed by atoms with Gasteiger partial charge in [0.25, 0.3) is 5.91 Å². The molecule has 28 heavy (non-hydrogen) atoms. The third kappa shape index (κ3) is 4.10. The number of nitrogens with two attached hydrogens (primary N) is 1. The van der Waals surface area contributed by atoms with Crippen molar-refractivity contribution in [2.24, 2.45) is 5.73 Å². The molecule has 1 saturated heterocycles. The number of fused-ring (bicyclic) bond motifs is 1. The van der Waals surface area contributed by atoms with E-state index in [0.29, 0.717) is 25.1 Å². The highest BCUT2D eigenvalue weighted by atomic mass is 16.2. The molecule has 0 bridgehead atoms. The minimum atomic E-state index is -0.578. The maximum atomic E-state index is 12.8. The first kappa shape index (κ1) is 20.5. The van der Waals surface area contributed by atoms with Crippen molar-refractivity contribution >= 4 is 17.7 Å². The van der Waals surface area contributed by atoms with Crippen molar-refractivity contribution in [3.8, 4) is 0 Å². The normalized spacial score (nSPS) is 19.8. The Morgan fingerprint density at radius 2 is 2.00 bits per heavy atom. The number of carbonyl (C=O) groups is 3. The van der Waals surface area contributed by atoms with Gasteiger partial charge in [-0.15, -0.1) is 0 Å². The Morgan fingerprint density at radius 1 is 1.25 bits per heavy atom. The van der Waals surface area contributed by atoms with E-state index in [9.17, 15) is 14.4 Å². The lowest BCUT2D eigenvalue weighted by Gasteiger charge is -2.29. The highest BCUT2D eigenvalue weighted by Gasteiger charge is 2.39. The molecule has 0 aromatic heterocycles. The van der Waals surface area contributed by atoms with Crippen LogP contribution in [0.25, 0.3) is 0 Å². The van der Waals surface area contributed by atoms with E-state index in [1.54, 1.807) is 4.90 Å². The molecule has 1 fully saturated rings. The van der Waals surface area contributed by atoms with E-state index in [-0.39, 0.29) is 29.7 Å². The van der Waals surface area contributed by atoms with Gasteiger partial charge in [0.2, 0.25) is 11.8 Å². The quantitative estimate of drug-likeness (QED) is 0.463. The lowest BCUT2D eigenvalue weighted by atomic mass is 9.90. The molecule has 0 saturated carbocycles. The fourth-order valence-corrected chi connectivity index (χ4v) is 3.98. The summed E-state index contributed by atoms with van der Waals surface area (Å²) in [5.41, 5.74) is 8.91. The monoisotopic (exact) mass is 386 g/mol. The average molecular weight is 386 g/mol.